The molecule has 2 fully saturated rings. The summed E-state index contributed by atoms with van der Waals surface area (Å²) in [6.45, 7) is 0.352. The predicted octanol–water partition coefficient (Wildman–Crippen LogP) is 3.91. The normalized spacial score (nSPS) is 21.2. The van der Waals surface area contributed by atoms with Crippen molar-refractivity contribution >= 4 is 40.4 Å². The number of nitrogens with zero attached hydrogens (tertiary/aromatic N) is 3. The van der Waals surface area contributed by atoms with Crippen LogP contribution in [0.15, 0.2) is 48.7 Å². The van der Waals surface area contributed by atoms with Crippen LogP contribution in [0.5, 0.6) is 0 Å². The van der Waals surface area contributed by atoms with Gasteiger partial charge >= 0.3 is 6.09 Å². The highest BCUT2D eigenvalue weighted by Crippen LogP contribution is 2.48. The van der Waals surface area contributed by atoms with Crippen molar-refractivity contribution in [2.45, 2.75) is 37.4 Å². The van der Waals surface area contributed by atoms with Crippen LogP contribution in [0.3, 0.4) is 0 Å². The Morgan fingerprint density at radius 1 is 1.16 bits per heavy atom. The zero-order valence-corrected chi connectivity index (χ0v) is 21.3. The highest BCUT2D eigenvalue weighted by Gasteiger charge is 2.56. The van der Waals surface area contributed by atoms with Crippen LogP contribution in [0.4, 0.5) is 9.18 Å². The summed E-state index contributed by atoms with van der Waals surface area (Å²) in [6, 6.07) is 10.4. The first-order valence-corrected chi connectivity index (χ1v) is 12.6. The molecule has 2 aliphatic rings. The summed E-state index contributed by atoms with van der Waals surface area (Å²) in [5, 5.41) is 13.2. The number of halogens is 2. The van der Waals surface area contributed by atoms with Crippen LogP contribution in [0, 0.1) is 11.7 Å². The van der Waals surface area contributed by atoms with Crippen LogP contribution in [0.2, 0.25) is 5.02 Å². The van der Waals surface area contributed by atoms with Crippen LogP contribution in [0.25, 0.3) is 10.9 Å². The van der Waals surface area contributed by atoms with Crippen molar-refractivity contribution in [1.29, 1.82) is 0 Å². The summed E-state index contributed by atoms with van der Waals surface area (Å²) in [4.78, 5) is 42.2. The highest BCUT2D eigenvalue weighted by atomic mass is 35.5. The monoisotopic (exact) mass is 526 g/mol. The van der Waals surface area contributed by atoms with Gasteiger partial charge in [-0.3, -0.25) is 14.2 Å². The molecule has 0 spiro atoms. The summed E-state index contributed by atoms with van der Waals surface area (Å²) in [5.41, 5.74) is 1.39. The van der Waals surface area contributed by atoms with Gasteiger partial charge in [0.05, 0.1) is 23.0 Å². The number of benzene rings is 2. The fourth-order valence-electron chi connectivity index (χ4n) is 5.50. The van der Waals surface area contributed by atoms with Crippen molar-refractivity contribution in [2.75, 3.05) is 20.6 Å². The first-order valence-electron chi connectivity index (χ1n) is 12.2. The molecule has 2 heterocycles. The van der Waals surface area contributed by atoms with Gasteiger partial charge in [-0.2, -0.15) is 0 Å². The third-order valence-corrected chi connectivity index (χ3v) is 7.55. The van der Waals surface area contributed by atoms with Crippen molar-refractivity contribution in [3.05, 3.63) is 70.6 Å². The van der Waals surface area contributed by atoms with E-state index < -0.39 is 24.0 Å². The van der Waals surface area contributed by atoms with Gasteiger partial charge in [-0.25, -0.2) is 9.18 Å². The average molecular weight is 527 g/mol. The van der Waals surface area contributed by atoms with Gasteiger partial charge in [-0.1, -0.05) is 41.9 Å². The molecule has 0 unspecified atom stereocenters. The number of rotatable bonds is 7. The molecular weight excluding hydrogens is 499 g/mol. The Bertz CT molecular complexity index is 1390. The van der Waals surface area contributed by atoms with E-state index in [1.165, 1.54) is 12.3 Å². The number of carbonyl (C=O) groups is 3. The lowest BCUT2D eigenvalue weighted by Gasteiger charge is -2.30. The number of carbonyl (C=O) groups excluding carboxylic acids is 2. The molecule has 0 radical (unpaired) electrons. The lowest BCUT2D eigenvalue weighted by Crippen LogP contribution is -2.50. The van der Waals surface area contributed by atoms with Crippen molar-refractivity contribution in [2.24, 2.45) is 5.92 Å². The van der Waals surface area contributed by atoms with Gasteiger partial charge in [-0.05, 0) is 50.6 Å². The summed E-state index contributed by atoms with van der Waals surface area (Å²) in [5.74, 6) is -0.875. The molecule has 10 heteroatoms. The minimum Gasteiger partial charge on any atom is -0.464 e. The summed E-state index contributed by atoms with van der Waals surface area (Å²) < 4.78 is 15.9. The third-order valence-electron chi connectivity index (χ3n) is 7.26. The summed E-state index contributed by atoms with van der Waals surface area (Å²) >= 11 is 5.99. The zero-order chi connectivity index (χ0) is 26.4. The number of likely N-dealkylation sites (N-methyl/N-ethyl adjacent to an activating group) is 1. The van der Waals surface area contributed by atoms with Crippen LogP contribution in [-0.2, 0) is 16.0 Å². The van der Waals surface area contributed by atoms with Gasteiger partial charge in [0.25, 0.3) is 0 Å². The SMILES string of the molecule is CN(C)C[C@@H](NC(=O)[C@@H]1C[C@H]2C[C@H]2N1C(=O)Cc1cn(C(=O)O)c2ccccc12)c1cccc(Cl)c1F. The predicted molar refractivity (Wildman–Crippen MR) is 137 cm³/mol. The molecule has 2 N–H and O–H groups in total. The van der Waals surface area contributed by atoms with E-state index in [0.717, 1.165) is 11.0 Å². The summed E-state index contributed by atoms with van der Waals surface area (Å²) in [7, 11) is 3.66. The maximum Gasteiger partial charge on any atom is 0.416 e. The number of nitrogens with one attached hydrogen (secondary N) is 1. The lowest BCUT2D eigenvalue weighted by atomic mass is 10.0. The number of hydrogen-bond acceptors (Lipinski definition) is 4. The van der Waals surface area contributed by atoms with Crippen molar-refractivity contribution < 1.29 is 23.9 Å². The lowest BCUT2D eigenvalue weighted by molar-refractivity contribution is -0.139. The van der Waals surface area contributed by atoms with E-state index >= 15 is 0 Å². The van der Waals surface area contributed by atoms with Crippen LogP contribution in [-0.4, -0.2) is 70.1 Å². The van der Waals surface area contributed by atoms with E-state index in [9.17, 15) is 23.9 Å². The molecule has 1 aliphatic carbocycles. The Labute approximate surface area is 218 Å². The van der Waals surface area contributed by atoms with Crippen molar-refractivity contribution in [1.82, 2.24) is 19.7 Å². The van der Waals surface area contributed by atoms with Crippen LogP contribution >= 0.6 is 11.6 Å². The quantitative estimate of drug-likeness (QED) is 0.487. The molecule has 8 nitrogen and oxygen atoms in total. The maximum absolute atomic E-state index is 14.8. The topological polar surface area (TPSA) is 94.9 Å². The second-order valence-corrected chi connectivity index (χ2v) is 10.5. The Morgan fingerprint density at radius 2 is 1.92 bits per heavy atom. The van der Waals surface area contributed by atoms with E-state index in [0.29, 0.717) is 29.4 Å². The third kappa shape index (κ3) is 4.81. The maximum atomic E-state index is 14.8. The van der Waals surface area contributed by atoms with Gasteiger partial charge in [0, 0.05) is 29.7 Å². The Morgan fingerprint density at radius 3 is 2.65 bits per heavy atom. The van der Waals surface area contributed by atoms with Crippen molar-refractivity contribution in [3.63, 3.8) is 0 Å². The number of piperidine rings is 1. The van der Waals surface area contributed by atoms with Gasteiger partial charge in [0.1, 0.15) is 11.9 Å². The Hall–Kier alpha value is -3.43. The summed E-state index contributed by atoms with van der Waals surface area (Å²) in [6.07, 6.45) is 1.71. The van der Waals surface area contributed by atoms with E-state index in [1.807, 2.05) is 19.0 Å². The molecule has 3 aromatic rings. The number of para-hydroxylation sites is 1. The van der Waals surface area contributed by atoms with Gasteiger partial charge in [0.15, 0.2) is 0 Å². The first-order chi connectivity index (χ1) is 17.7. The van der Waals surface area contributed by atoms with Gasteiger partial charge in [-0.15, -0.1) is 0 Å². The second kappa shape index (κ2) is 9.79. The molecule has 194 valence electrons. The average Bonchev–Trinajstić information content (AvgIpc) is 3.35. The smallest absolute Gasteiger partial charge is 0.416 e. The zero-order valence-electron chi connectivity index (χ0n) is 20.5. The number of likely N-dealkylation sites (tertiary alicyclic amines) is 1. The van der Waals surface area contributed by atoms with E-state index in [4.69, 9.17) is 11.6 Å². The van der Waals surface area contributed by atoms with Crippen LogP contribution in [0.1, 0.15) is 30.0 Å². The van der Waals surface area contributed by atoms with E-state index in [2.05, 4.69) is 5.32 Å². The van der Waals surface area contributed by atoms with Gasteiger partial charge < -0.3 is 20.2 Å². The molecule has 1 saturated carbocycles. The van der Waals surface area contributed by atoms with Crippen molar-refractivity contribution in [3.8, 4) is 0 Å². The molecule has 2 amide bonds. The Kier molecular flexibility index (Phi) is 6.68. The van der Waals surface area contributed by atoms with E-state index in [1.54, 1.807) is 41.3 Å². The molecule has 1 aromatic heterocycles. The molecule has 37 heavy (non-hydrogen) atoms. The molecule has 0 bridgehead atoms. The minimum absolute atomic E-state index is 0.00808. The standard InChI is InChI=1S/C27H28ClFN4O4/c1-31(2)14-20(18-7-5-8-19(28)25(18)29)30-26(35)23-11-15-10-22(15)33(23)24(34)12-16-13-32(27(36)37)21-9-4-3-6-17(16)21/h3-9,13,15,20,22-23H,10-12,14H2,1-2H3,(H,30,35)(H,36,37)/t15-,20-,22-,23+/m1/s1. The fourth-order valence-corrected chi connectivity index (χ4v) is 5.68. The minimum atomic E-state index is -1.13. The van der Waals surface area contributed by atoms with Gasteiger partial charge in [0.2, 0.25) is 11.8 Å². The van der Waals surface area contributed by atoms with Crippen LogP contribution < -0.4 is 5.32 Å². The number of aromatic nitrogens is 1. The molecule has 1 aliphatic heterocycles. The Balaban J connectivity index is 1.37. The first kappa shape index (κ1) is 25.2. The number of hydrogen-bond donors (Lipinski definition) is 2. The van der Waals surface area contributed by atoms with E-state index in [-0.39, 0.29) is 40.8 Å². The number of carboxylic acid groups (broad SMARTS) is 1. The molecule has 5 rings (SSSR count). The second-order valence-electron chi connectivity index (χ2n) is 10.1. The molecular formula is C27H28ClFN4O4. The molecule has 2 aromatic carbocycles. The highest BCUT2D eigenvalue weighted by molar-refractivity contribution is 6.30. The molecule has 1 saturated heterocycles. The largest absolute Gasteiger partial charge is 0.464 e. The molecule has 4 atom stereocenters. The fraction of sp³-hybridized carbons (Fsp3) is 0.370. The number of amides is 2. The number of fused-ring (bicyclic) bond motifs is 2.